The van der Waals surface area contributed by atoms with Gasteiger partial charge >= 0.3 is 0 Å². The van der Waals surface area contributed by atoms with E-state index >= 15 is 0 Å². The van der Waals surface area contributed by atoms with Gasteiger partial charge < -0.3 is 0 Å². The molecule has 0 radical (unpaired) electrons. The van der Waals surface area contributed by atoms with E-state index in [0.717, 1.165) is 5.92 Å². The van der Waals surface area contributed by atoms with E-state index in [4.69, 9.17) is 0 Å². The second-order valence-electron chi connectivity index (χ2n) is 12.2. The molecule has 288 valence electrons. The highest BCUT2D eigenvalue weighted by atomic mass is 14.3. The molecule has 0 heteroatoms. The van der Waals surface area contributed by atoms with Gasteiger partial charge in [0.1, 0.15) is 0 Å². The van der Waals surface area contributed by atoms with E-state index < -0.39 is 0 Å². The molecule has 0 aromatic heterocycles. The first-order valence-corrected chi connectivity index (χ1v) is 16.4. The van der Waals surface area contributed by atoms with Gasteiger partial charge in [-0.05, 0) is 96.8 Å². The van der Waals surface area contributed by atoms with Crippen LogP contribution in [0.2, 0.25) is 0 Å². The summed E-state index contributed by atoms with van der Waals surface area (Å²) in [5, 5.41) is 0. The molecule has 4 aromatic carbocycles. The number of benzene rings is 4. The Bertz CT molecular complexity index is 1200. The molecule has 0 heterocycles. The second kappa shape index (κ2) is 33.0. The van der Waals surface area contributed by atoms with E-state index in [-0.39, 0.29) is 66.8 Å². The van der Waals surface area contributed by atoms with Crippen LogP contribution < -0.4 is 0 Å². The third-order valence-corrected chi connectivity index (χ3v) is 9.47. The minimum atomic E-state index is 0. The van der Waals surface area contributed by atoms with Crippen molar-refractivity contribution in [3.63, 3.8) is 0 Å². The molecule has 0 aliphatic carbocycles. The molecule has 0 spiro atoms. The monoisotopic (exact) mass is 689 g/mol. The van der Waals surface area contributed by atoms with Crippen molar-refractivity contribution in [2.45, 2.75) is 169 Å². The van der Waals surface area contributed by atoms with Gasteiger partial charge in [-0.15, -0.1) is 0 Å². The maximum atomic E-state index is 2.42. The van der Waals surface area contributed by atoms with Crippen LogP contribution in [0.25, 0.3) is 0 Å². The lowest BCUT2D eigenvalue weighted by Gasteiger charge is -2.29. The first-order chi connectivity index (χ1) is 20.2. The van der Waals surface area contributed by atoms with Gasteiger partial charge in [-0.1, -0.05) is 222 Å². The van der Waals surface area contributed by atoms with Crippen LogP contribution >= 0.6 is 0 Å². The molecule has 5 atom stereocenters. The van der Waals surface area contributed by atoms with Crippen molar-refractivity contribution in [2.24, 2.45) is 5.92 Å². The van der Waals surface area contributed by atoms with Gasteiger partial charge in [-0.3, -0.25) is 0 Å². The molecule has 0 bridgehead atoms. The predicted molar refractivity (Wildman–Crippen MR) is 239 cm³/mol. The Morgan fingerprint density at radius 1 is 0.320 bits per heavy atom. The van der Waals surface area contributed by atoms with E-state index in [1.54, 1.807) is 0 Å². The van der Waals surface area contributed by atoms with Crippen LogP contribution in [0, 0.1) is 5.92 Å². The predicted octanol–water partition coefficient (Wildman–Crippen LogP) is 18.0. The topological polar surface area (TPSA) is 0 Å². The van der Waals surface area contributed by atoms with Crippen LogP contribution in [-0.4, -0.2) is 0 Å². The SMILES string of the molecule is C.C.C.C.C.C.C.C.C.CCCC(CC(CCC(CC)CC(CC(CC)c1ccccc1)c1ccccc1)c1ccccc1)c1ccccc1. The zero-order valence-corrected chi connectivity index (χ0v) is 25.8. The summed E-state index contributed by atoms with van der Waals surface area (Å²) in [5.74, 6) is 3.17. The van der Waals surface area contributed by atoms with Crippen molar-refractivity contribution in [3.05, 3.63) is 144 Å². The lowest BCUT2D eigenvalue weighted by Crippen LogP contribution is -2.14. The fraction of sp³-hybridized carbons (Fsp3) is 0.520. The molecule has 0 saturated carbocycles. The van der Waals surface area contributed by atoms with E-state index in [0.29, 0.717) is 23.7 Å². The van der Waals surface area contributed by atoms with Gasteiger partial charge in [0.15, 0.2) is 0 Å². The summed E-state index contributed by atoms with van der Waals surface area (Å²) in [6.07, 6.45) is 11.3. The van der Waals surface area contributed by atoms with Gasteiger partial charge in [-0.25, -0.2) is 0 Å². The van der Waals surface area contributed by atoms with Crippen molar-refractivity contribution < 1.29 is 0 Å². The normalized spacial score (nSPS) is 12.4. The molecule has 5 unspecified atom stereocenters. The average Bonchev–Trinajstić information content (AvgIpc) is 3.05. The van der Waals surface area contributed by atoms with Crippen molar-refractivity contribution in [2.75, 3.05) is 0 Å². The zero-order chi connectivity index (χ0) is 28.7. The van der Waals surface area contributed by atoms with Crippen LogP contribution in [0.1, 0.15) is 191 Å². The Balaban J connectivity index is -0.000000538. The van der Waals surface area contributed by atoms with E-state index in [1.165, 1.54) is 80.0 Å². The molecule has 0 saturated heterocycles. The summed E-state index contributed by atoms with van der Waals surface area (Å²) in [6.45, 7) is 7.12. The molecule has 0 amide bonds. The van der Waals surface area contributed by atoms with Crippen molar-refractivity contribution in [3.8, 4) is 0 Å². The minimum absolute atomic E-state index is 0. The lowest BCUT2D eigenvalue weighted by atomic mass is 9.76. The quantitative estimate of drug-likeness (QED) is 0.104. The van der Waals surface area contributed by atoms with Gasteiger partial charge in [0, 0.05) is 0 Å². The van der Waals surface area contributed by atoms with Gasteiger partial charge in [0.25, 0.3) is 0 Å². The fourth-order valence-electron chi connectivity index (χ4n) is 7.01. The molecule has 0 nitrogen and oxygen atoms in total. The molecule has 4 aromatic rings. The Labute approximate surface area is 317 Å². The Morgan fingerprint density at radius 3 is 0.980 bits per heavy atom. The fourth-order valence-corrected chi connectivity index (χ4v) is 7.01. The standard InChI is InChI=1S/C41H52.9CH4/c1-4-19-39(36-22-13-8-14-23-36)32-40(37-24-15-9-16-25-37)29-28-33(5-2)30-41(38-26-17-10-18-27-38)31-34(6-3)35-20-11-7-12-21-35;;;;;;;;;/h7-18,20-27,33-34,39-41H,4-6,19,28-32H2,1-3H3;9*1H4. The smallest absolute Gasteiger partial charge is 0.0154 e. The lowest BCUT2D eigenvalue weighted by molar-refractivity contribution is 0.343. The van der Waals surface area contributed by atoms with Crippen molar-refractivity contribution >= 4 is 0 Å². The van der Waals surface area contributed by atoms with Gasteiger partial charge in [-0.2, -0.15) is 0 Å². The number of hydrogen-bond acceptors (Lipinski definition) is 0. The van der Waals surface area contributed by atoms with Crippen molar-refractivity contribution in [1.82, 2.24) is 0 Å². The van der Waals surface area contributed by atoms with E-state index in [1.807, 2.05) is 0 Å². The Morgan fingerprint density at radius 2 is 0.640 bits per heavy atom. The third kappa shape index (κ3) is 18.2. The molecule has 0 aliphatic heterocycles. The summed E-state index contributed by atoms with van der Waals surface area (Å²) in [5.41, 5.74) is 6.05. The first kappa shape index (κ1) is 59.0. The highest BCUT2D eigenvalue weighted by Crippen LogP contribution is 2.40. The molecule has 0 aliphatic rings. The number of hydrogen-bond donors (Lipinski definition) is 0. The minimum Gasteiger partial charge on any atom is -0.0776 e. The first-order valence-electron chi connectivity index (χ1n) is 16.4. The molecule has 0 fully saturated rings. The van der Waals surface area contributed by atoms with E-state index in [9.17, 15) is 0 Å². The summed E-state index contributed by atoms with van der Waals surface area (Å²) in [6, 6.07) is 45.2. The zero-order valence-electron chi connectivity index (χ0n) is 25.8. The van der Waals surface area contributed by atoms with Crippen molar-refractivity contribution in [1.29, 1.82) is 0 Å². The highest BCUT2D eigenvalue weighted by Gasteiger charge is 2.24. The molecular formula is C50H88. The molecule has 50 heavy (non-hydrogen) atoms. The van der Waals surface area contributed by atoms with Crippen LogP contribution in [0.3, 0.4) is 0 Å². The molecule has 0 N–H and O–H groups in total. The van der Waals surface area contributed by atoms with Crippen LogP contribution in [0.15, 0.2) is 121 Å². The van der Waals surface area contributed by atoms with Crippen LogP contribution in [-0.2, 0) is 0 Å². The van der Waals surface area contributed by atoms with E-state index in [2.05, 4.69) is 142 Å². The average molecular weight is 689 g/mol. The molecular weight excluding hydrogens is 601 g/mol. The van der Waals surface area contributed by atoms with Crippen LogP contribution in [0.5, 0.6) is 0 Å². The number of rotatable bonds is 17. The summed E-state index contributed by atoms with van der Waals surface area (Å²) < 4.78 is 0. The summed E-state index contributed by atoms with van der Waals surface area (Å²) in [4.78, 5) is 0. The summed E-state index contributed by atoms with van der Waals surface area (Å²) in [7, 11) is 0. The largest absolute Gasteiger partial charge is 0.0776 e. The summed E-state index contributed by atoms with van der Waals surface area (Å²) >= 11 is 0. The van der Waals surface area contributed by atoms with Crippen LogP contribution in [0.4, 0.5) is 0 Å². The van der Waals surface area contributed by atoms with Gasteiger partial charge in [0.2, 0.25) is 0 Å². The third-order valence-electron chi connectivity index (χ3n) is 9.47. The Kier molecular flexibility index (Phi) is 39.0. The second-order valence-corrected chi connectivity index (χ2v) is 12.2. The maximum Gasteiger partial charge on any atom is -0.0154 e. The maximum absolute atomic E-state index is 2.42. The Hall–Kier alpha value is -3.12. The highest BCUT2D eigenvalue weighted by molar-refractivity contribution is 5.25. The van der Waals surface area contributed by atoms with Gasteiger partial charge in [0.05, 0.1) is 0 Å². The molecule has 4 rings (SSSR count).